The lowest BCUT2D eigenvalue weighted by atomic mass is 9.79. The Morgan fingerprint density at radius 1 is 1.14 bits per heavy atom. The van der Waals surface area contributed by atoms with Crippen LogP contribution in [0.4, 0.5) is 0 Å². The molecule has 0 spiro atoms. The van der Waals surface area contributed by atoms with E-state index in [1.54, 1.807) is 31.2 Å². The zero-order valence-electron chi connectivity index (χ0n) is 12.3. The maximum Gasteiger partial charge on any atom is 0.314 e. The molecule has 1 unspecified atom stereocenters. The number of benzene rings is 1. The van der Waals surface area contributed by atoms with Crippen LogP contribution in [0.5, 0.6) is 0 Å². The molecule has 0 aliphatic rings. The number of hydrogen-bond donors (Lipinski definition) is 3. The maximum atomic E-state index is 11.9. The molecule has 5 nitrogen and oxygen atoms in total. The second-order valence-electron chi connectivity index (χ2n) is 5.31. The smallest absolute Gasteiger partial charge is 0.314 e. The number of unbranched alkanes of at least 4 members (excludes halogenated alkanes) is 2. The number of hydrogen-bond acceptors (Lipinski definition) is 3. The van der Waals surface area contributed by atoms with Gasteiger partial charge in [-0.05, 0) is 31.7 Å². The van der Waals surface area contributed by atoms with Gasteiger partial charge < -0.3 is 15.5 Å². The minimum Gasteiger partial charge on any atom is -0.481 e. The summed E-state index contributed by atoms with van der Waals surface area (Å²) in [7, 11) is 0. The summed E-state index contributed by atoms with van der Waals surface area (Å²) in [5.41, 5.74) is -0.607. The molecule has 0 aromatic heterocycles. The Kier molecular flexibility index (Phi) is 6.88. The van der Waals surface area contributed by atoms with Gasteiger partial charge in [-0.25, -0.2) is 0 Å². The summed E-state index contributed by atoms with van der Waals surface area (Å²) >= 11 is 0. The third-order valence-electron chi connectivity index (χ3n) is 3.55. The number of carbonyl (C=O) groups excluding carboxylic acids is 1. The van der Waals surface area contributed by atoms with E-state index in [1.165, 1.54) is 0 Å². The number of aliphatic hydroxyl groups is 1. The van der Waals surface area contributed by atoms with Gasteiger partial charge in [0, 0.05) is 19.6 Å². The van der Waals surface area contributed by atoms with Gasteiger partial charge in [-0.2, -0.15) is 0 Å². The van der Waals surface area contributed by atoms with Gasteiger partial charge in [-0.15, -0.1) is 0 Å². The molecular weight excluding hydrogens is 270 g/mol. The first-order valence-electron chi connectivity index (χ1n) is 7.17. The lowest BCUT2D eigenvalue weighted by Gasteiger charge is -2.24. The monoisotopic (exact) mass is 293 g/mol. The molecule has 1 aromatic carbocycles. The summed E-state index contributed by atoms with van der Waals surface area (Å²) in [5.74, 6) is -1.28. The van der Waals surface area contributed by atoms with Crippen molar-refractivity contribution >= 4 is 11.9 Å². The van der Waals surface area contributed by atoms with Gasteiger partial charge in [0.1, 0.15) is 0 Å². The molecule has 1 atom stereocenters. The fraction of sp³-hybridized carbons (Fsp3) is 0.500. The van der Waals surface area contributed by atoms with Crippen molar-refractivity contribution < 1.29 is 19.8 Å². The molecular formula is C16H23NO4. The van der Waals surface area contributed by atoms with Crippen LogP contribution in [0.15, 0.2) is 30.3 Å². The number of carboxylic acids is 1. The van der Waals surface area contributed by atoms with E-state index in [1.807, 2.05) is 6.07 Å². The van der Waals surface area contributed by atoms with E-state index >= 15 is 0 Å². The van der Waals surface area contributed by atoms with Crippen LogP contribution in [0, 0.1) is 0 Å². The van der Waals surface area contributed by atoms with E-state index < -0.39 is 11.4 Å². The van der Waals surface area contributed by atoms with Gasteiger partial charge in [-0.3, -0.25) is 9.59 Å². The molecule has 21 heavy (non-hydrogen) atoms. The Hall–Kier alpha value is -1.88. The highest BCUT2D eigenvalue weighted by atomic mass is 16.4. The summed E-state index contributed by atoms with van der Waals surface area (Å²) < 4.78 is 0. The van der Waals surface area contributed by atoms with Gasteiger partial charge in [-0.1, -0.05) is 30.3 Å². The van der Waals surface area contributed by atoms with Crippen LogP contribution in [0.2, 0.25) is 0 Å². The molecule has 1 amide bonds. The van der Waals surface area contributed by atoms with Crippen LogP contribution < -0.4 is 5.32 Å². The summed E-state index contributed by atoms with van der Waals surface area (Å²) in [5, 5.41) is 20.9. The molecule has 0 aliphatic heterocycles. The highest BCUT2D eigenvalue weighted by Crippen LogP contribution is 2.27. The zero-order chi connectivity index (χ0) is 15.7. The van der Waals surface area contributed by atoms with Crippen LogP contribution in [0.1, 0.15) is 38.2 Å². The van der Waals surface area contributed by atoms with Crippen molar-refractivity contribution in [1.82, 2.24) is 5.32 Å². The summed E-state index contributed by atoms with van der Waals surface area (Å²) in [6.45, 7) is 2.22. The normalized spacial score (nSPS) is 13.4. The van der Waals surface area contributed by atoms with Gasteiger partial charge in [0.15, 0.2) is 0 Å². The number of nitrogens with one attached hydrogen (secondary N) is 1. The van der Waals surface area contributed by atoms with E-state index in [0.29, 0.717) is 18.5 Å². The molecule has 0 aliphatic carbocycles. The molecule has 1 aromatic rings. The van der Waals surface area contributed by atoms with Crippen LogP contribution in [0.25, 0.3) is 0 Å². The lowest BCUT2D eigenvalue weighted by molar-refractivity contribution is -0.145. The Morgan fingerprint density at radius 3 is 2.38 bits per heavy atom. The Morgan fingerprint density at radius 2 is 1.81 bits per heavy atom. The van der Waals surface area contributed by atoms with Crippen LogP contribution in [-0.2, 0) is 15.0 Å². The van der Waals surface area contributed by atoms with Gasteiger partial charge in [0.25, 0.3) is 0 Å². The molecule has 5 heteroatoms. The van der Waals surface area contributed by atoms with Crippen molar-refractivity contribution in [2.45, 2.75) is 38.0 Å². The maximum absolute atomic E-state index is 11.9. The molecule has 0 saturated heterocycles. The predicted octanol–water partition coefficient (Wildman–Crippen LogP) is 1.70. The topological polar surface area (TPSA) is 86.6 Å². The van der Waals surface area contributed by atoms with Gasteiger partial charge >= 0.3 is 5.97 Å². The minimum atomic E-state index is -1.23. The van der Waals surface area contributed by atoms with E-state index in [-0.39, 0.29) is 18.9 Å². The summed E-state index contributed by atoms with van der Waals surface area (Å²) in [6.07, 6.45) is 2.24. The zero-order valence-corrected chi connectivity index (χ0v) is 12.3. The van der Waals surface area contributed by atoms with E-state index in [4.69, 9.17) is 5.11 Å². The predicted molar refractivity (Wildman–Crippen MR) is 80.0 cm³/mol. The van der Waals surface area contributed by atoms with Crippen molar-refractivity contribution in [3.63, 3.8) is 0 Å². The summed E-state index contributed by atoms with van der Waals surface area (Å²) in [4.78, 5) is 23.5. The number of aliphatic carboxylic acids is 1. The van der Waals surface area contributed by atoms with Crippen LogP contribution in [-0.4, -0.2) is 35.2 Å². The Balaban J connectivity index is 2.59. The first-order valence-corrected chi connectivity index (χ1v) is 7.17. The molecule has 0 saturated carbocycles. The largest absolute Gasteiger partial charge is 0.481 e. The first kappa shape index (κ1) is 17.2. The fourth-order valence-electron chi connectivity index (χ4n) is 2.13. The van der Waals surface area contributed by atoms with Crippen molar-refractivity contribution in [2.75, 3.05) is 13.2 Å². The van der Waals surface area contributed by atoms with Gasteiger partial charge in [0.05, 0.1) is 5.41 Å². The van der Waals surface area contributed by atoms with Crippen LogP contribution >= 0.6 is 0 Å². The molecule has 0 heterocycles. The minimum absolute atomic E-state index is 0.0909. The Labute approximate surface area is 125 Å². The average Bonchev–Trinajstić information content (AvgIpc) is 2.47. The molecule has 0 fully saturated rings. The van der Waals surface area contributed by atoms with E-state index in [9.17, 15) is 14.7 Å². The molecule has 0 radical (unpaired) electrons. The number of aliphatic hydroxyl groups excluding tert-OH is 1. The molecule has 116 valence electrons. The van der Waals surface area contributed by atoms with E-state index in [0.717, 1.165) is 12.8 Å². The quantitative estimate of drug-likeness (QED) is 0.605. The molecule has 0 bridgehead atoms. The molecule has 1 rings (SSSR count). The van der Waals surface area contributed by atoms with E-state index in [2.05, 4.69) is 5.32 Å². The third kappa shape index (κ3) is 5.19. The lowest BCUT2D eigenvalue weighted by Crippen LogP contribution is -2.39. The number of carboxylic acid groups (broad SMARTS) is 1. The average molecular weight is 293 g/mol. The van der Waals surface area contributed by atoms with Crippen LogP contribution in [0.3, 0.4) is 0 Å². The fourth-order valence-corrected chi connectivity index (χ4v) is 2.13. The van der Waals surface area contributed by atoms with Crippen molar-refractivity contribution in [3.05, 3.63) is 35.9 Å². The third-order valence-corrected chi connectivity index (χ3v) is 3.55. The van der Waals surface area contributed by atoms with Crippen molar-refractivity contribution in [3.8, 4) is 0 Å². The number of amides is 1. The number of carbonyl (C=O) groups is 2. The second-order valence-corrected chi connectivity index (χ2v) is 5.31. The molecule has 3 N–H and O–H groups in total. The highest BCUT2D eigenvalue weighted by molar-refractivity contribution is 5.89. The summed E-state index contributed by atoms with van der Waals surface area (Å²) in [6, 6.07) is 8.80. The first-order chi connectivity index (χ1) is 10.0. The Bertz CT molecular complexity index is 461. The highest BCUT2D eigenvalue weighted by Gasteiger charge is 2.37. The standard InChI is InChI=1S/C16H23NO4/c1-16(15(20)21,13-8-4-2-5-9-13)12-14(19)17-10-6-3-7-11-18/h2,4-5,8-9,18H,3,6-7,10-12H2,1H3,(H,17,19)(H,20,21). The SMILES string of the molecule is CC(CC(=O)NCCCCCO)(C(=O)O)c1ccccc1. The van der Waals surface area contributed by atoms with Crippen molar-refractivity contribution in [2.24, 2.45) is 0 Å². The number of rotatable bonds is 9. The second kappa shape index (κ2) is 8.42. The van der Waals surface area contributed by atoms with Gasteiger partial charge in [0.2, 0.25) is 5.91 Å². The van der Waals surface area contributed by atoms with Crippen molar-refractivity contribution in [1.29, 1.82) is 0 Å².